The van der Waals surface area contributed by atoms with Crippen LogP contribution in [-0.4, -0.2) is 41.2 Å². The number of hydrogen-bond donors (Lipinski definition) is 1. The van der Waals surface area contributed by atoms with E-state index in [9.17, 15) is 57.5 Å². The van der Waals surface area contributed by atoms with Crippen LogP contribution in [0, 0.1) is 5.92 Å². The minimum atomic E-state index is -7.66. The predicted molar refractivity (Wildman–Crippen MR) is 38.1 cm³/mol. The Labute approximate surface area is 106 Å². The van der Waals surface area contributed by atoms with Gasteiger partial charge in [-0.15, -0.1) is 0 Å². The third kappa shape index (κ3) is 2.97. The van der Waals surface area contributed by atoms with E-state index in [0.717, 1.165) is 0 Å². The molecule has 0 saturated heterocycles. The van der Waals surface area contributed by atoms with Gasteiger partial charge in [-0.25, -0.2) is 0 Å². The molecule has 14 heteroatoms. The van der Waals surface area contributed by atoms with E-state index < -0.39 is 42.0 Å². The van der Waals surface area contributed by atoms with Gasteiger partial charge in [-0.3, -0.25) is 4.79 Å². The number of halogens is 12. The molecule has 0 aliphatic carbocycles. The third-order valence-corrected chi connectivity index (χ3v) is 2.11. The first-order valence-corrected chi connectivity index (χ1v) is 4.31. The summed E-state index contributed by atoms with van der Waals surface area (Å²) in [5.41, 5.74) is 0. The van der Waals surface area contributed by atoms with Gasteiger partial charge in [0.15, 0.2) is 0 Å². The van der Waals surface area contributed by atoms with E-state index >= 15 is 0 Å². The van der Waals surface area contributed by atoms with Crippen molar-refractivity contribution < 1.29 is 62.6 Å². The first-order valence-electron chi connectivity index (χ1n) is 4.31. The van der Waals surface area contributed by atoms with Crippen molar-refractivity contribution in [2.45, 2.75) is 30.1 Å². The van der Waals surface area contributed by atoms with Crippen molar-refractivity contribution in [3.63, 3.8) is 0 Å². The van der Waals surface area contributed by atoms with E-state index in [-0.39, 0.29) is 0 Å². The van der Waals surface area contributed by atoms with Crippen molar-refractivity contribution in [1.29, 1.82) is 0 Å². The summed E-state index contributed by atoms with van der Waals surface area (Å²) in [5, 5.41) is 7.82. The zero-order valence-corrected chi connectivity index (χ0v) is 8.97. The Kier molecular flexibility index (Phi) is 4.51. The van der Waals surface area contributed by atoms with E-state index in [1.54, 1.807) is 0 Å². The highest BCUT2D eigenvalue weighted by atomic mass is 19.4. The smallest absolute Gasteiger partial charge is 0.460 e. The summed E-state index contributed by atoms with van der Waals surface area (Å²) < 4.78 is 146. The number of rotatable bonds is 4. The Balaban J connectivity index is 6.16. The molecule has 0 fully saturated rings. The maximum Gasteiger partial charge on any atom is 0.460 e. The van der Waals surface area contributed by atoms with Crippen LogP contribution in [-0.2, 0) is 4.79 Å². The quantitative estimate of drug-likeness (QED) is 0.788. The molecule has 0 aliphatic heterocycles. The summed E-state index contributed by atoms with van der Waals surface area (Å²) in [6.07, 6.45) is -14.0. The first kappa shape index (κ1) is 19.6. The minimum absolute atomic E-state index is 3.75. The fraction of sp³-hybridized carbons (Fsp3) is 0.857. The second-order valence-electron chi connectivity index (χ2n) is 3.58. The molecule has 0 rings (SSSR count). The van der Waals surface area contributed by atoms with Gasteiger partial charge in [-0.05, 0) is 0 Å². The highest BCUT2D eigenvalue weighted by Gasteiger charge is 2.86. The van der Waals surface area contributed by atoms with E-state index in [2.05, 4.69) is 0 Å². The molecule has 0 aliphatic rings. The number of alkyl halides is 12. The summed E-state index contributed by atoms with van der Waals surface area (Å²) in [4.78, 5) is 9.96. The third-order valence-electron chi connectivity index (χ3n) is 2.11. The highest BCUT2D eigenvalue weighted by Crippen LogP contribution is 2.57. The zero-order chi connectivity index (χ0) is 17.7. The predicted octanol–water partition coefficient (Wildman–Crippen LogP) is 3.72. The monoisotopic (exact) mass is 346 g/mol. The average Bonchev–Trinajstić information content (AvgIpc) is 2.10. The van der Waals surface area contributed by atoms with Gasteiger partial charge in [0, 0.05) is 0 Å². The Morgan fingerprint density at radius 3 is 1.24 bits per heavy atom. The molecule has 1 N–H and O–H groups in total. The summed E-state index contributed by atoms with van der Waals surface area (Å²) >= 11 is 0. The van der Waals surface area contributed by atoms with Gasteiger partial charge in [0.2, 0.25) is 5.92 Å². The summed E-state index contributed by atoms with van der Waals surface area (Å²) in [7, 11) is 0. The molecule has 0 aromatic carbocycles. The standard InChI is InChI=1S/C7H2F12O2/c8-3(9,1(2(20)21)4(10,11)12)5(13,14)6(15,16)7(17,18)19/h1H,(H,20,21). The Morgan fingerprint density at radius 2 is 1.05 bits per heavy atom. The Hall–Kier alpha value is -1.37. The number of carboxylic acid groups (broad SMARTS) is 1. The molecule has 0 heterocycles. The van der Waals surface area contributed by atoms with Crippen LogP contribution >= 0.6 is 0 Å². The first-order chi connectivity index (χ1) is 8.82. The zero-order valence-electron chi connectivity index (χ0n) is 8.97. The van der Waals surface area contributed by atoms with Crippen molar-refractivity contribution in [1.82, 2.24) is 0 Å². The lowest BCUT2D eigenvalue weighted by Gasteiger charge is -2.36. The van der Waals surface area contributed by atoms with Crippen LogP contribution in [0.1, 0.15) is 0 Å². The molecule has 1 atom stereocenters. The number of carboxylic acids is 1. The van der Waals surface area contributed by atoms with Crippen LogP contribution in [0.3, 0.4) is 0 Å². The summed E-state index contributed by atoms with van der Waals surface area (Å²) in [5.74, 6) is -31.7. The van der Waals surface area contributed by atoms with Gasteiger partial charge in [-0.1, -0.05) is 0 Å². The fourth-order valence-electron chi connectivity index (χ4n) is 1.07. The topological polar surface area (TPSA) is 37.3 Å². The lowest BCUT2D eigenvalue weighted by molar-refractivity contribution is -0.412. The second-order valence-corrected chi connectivity index (χ2v) is 3.58. The van der Waals surface area contributed by atoms with E-state index in [4.69, 9.17) is 5.11 Å². The van der Waals surface area contributed by atoms with Crippen molar-refractivity contribution >= 4 is 5.97 Å². The summed E-state index contributed by atoms with van der Waals surface area (Å²) in [6.45, 7) is 0. The summed E-state index contributed by atoms with van der Waals surface area (Å²) in [6, 6.07) is 0. The highest BCUT2D eigenvalue weighted by molar-refractivity contribution is 5.72. The number of aliphatic carboxylic acids is 1. The molecule has 0 amide bonds. The molecule has 0 bridgehead atoms. The molecule has 0 spiro atoms. The maximum absolute atomic E-state index is 12.8. The number of hydrogen-bond acceptors (Lipinski definition) is 1. The second kappa shape index (κ2) is 4.83. The molecule has 21 heavy (non-hydrogen) atoms. The van der Waals surface area contributed by atoms with Gasteiger partial charge >= 0.3 is 36.1 Å². The number of carbonyl (C=O) groups is 1. The molecule has 126 valence electrons. The SMILES string of the molecule is O=C(O)C(C(F)(F)F)C(F)(F)C(F)(F)C(F)(F)C(F)(F)F. The molecular weight excluding hydrogens is 344 g/mol. The van der Waals surface area contributed by atoms with Crippen LogP contribution in [0.5, 0.6) is 0 Å². The van der Waals surface area contributed by atoms with E-state index in [1.165, 1.54) is 0 Å². The van der Waals surface area contributed by atoms with Gasteiger partial charge in [0.25, 0.3) is 0 Å². The van der Waals surface area contributed by atoms with Crippen LogP contribution in [0.2, 0.25) is 0 Å². The minimum Gasteiger partial charge on any atom is -0.481 e. The largest absolute Gasteiger partial charge is 0.481 e. The molecule has 2 nitrogen and oxygen atoms in total. The lowest BCUT2D eigenvalue weighted by atomic mass is 9.91. The maximum atomic E-state index is 12.8. The van der Waals surface area contributed by atoms with E-state index in [1.807, 2.05) is 0 Å². The van der Waals surface area contributed by atoms with Gasteiger partial charge in [0.1, 0.15) is 0 Å². The van der Waals surface area contributed by atoms with Crippen molar-refractivity contribution in [2.75, 3.05) is 0 Å². The van der Waals surface area contributed by atoms with Crippen molar-refractivity contribution in [3.05, 3.63) is 0 Å². The molecule has 1 unspecified atom stereocenters. The van der Waals surface area contributed by atoms with Gasteiger partial charge in [0.05, 0.1) is 0 Å². The normalized spacial score (nSPS) is 16.8. The molecule has 0 aromatic rings. The van der Waals surface area contributed by atoms with Crippen molar-refractivity contribution in [3.8, 4) is 0 Å². The lowest BCUT2D eigenvalue weighted by Crippen LogP contribution is -2.66. The Morgan fingerprint density at radius 1 is 0.714 bits per heavy atom. The van der Waals surface area contributed by atoms with Crippen molar-refractivity contribution in [2.24, 2.45) is 5.92 Å². The van der Waals surface area contributed by atoms with Crippen LogP contribution in [0.15, 0.2) is 0 Å². The molecule has 0 aromatic heterocycles. The van der Waals surface area contributed by atoms with Crippen LogP contribution < -0.4 is 0 Å². The molecule has 0 saturated carbocycles. The van der Waals surface area contributed by atoms with E-state index in [0.29, 0.717) is 0 Å². The Bertz CT molecular complexity index is 405. The van der Waals surface area contributed by atoms with Gasteiger partial charge < -0.3 is 5.11 Å². The molecule has 0 radical (unpaired) electrons. The average molecular weight is 346 g/mol. The van der Waals surface area contributed by atoms with Gasteiger partial charge in [-0.2, -0.15) is 52.7 Å². The van der Waals surface area contributed by atoms with Crippen LogP contribution in [0.25, 0.3) is 0 Å². The molecular formula is C7H2F12O2. The fourth-order valence-corrected chi connectivity index (χ4v) is 1.07. The van der Waals surface area contributed by atoms with Crippen LogP contribution in [0.4, 0.5) is 52.7 Å².